The summed E-state index contributed by atoms with van der Waals surface area (Å²) >= 11 is 0. The first kappa shape index (κ1) is 11.9. The maximum Gasteiger partial charge on any atom is 0.306 e. The first-order chi connectivity index (χ1) is 7.61. The quantitative estimate of drug-likeness (QED) is 0.394. The summed E-state index contributed by atoms with van der Waals surface area (Å²) in [5.41, 5.74) is 1.96. The van der Waals surface area contributed by atoms with E-state index in [4.69, 9.17) is 5.84 Å². The van der Waals surface area contributed by atoms with E-state index in [1.807, 2.05) is 0 Å². The standard InChI is InChI=1S/C9H12N4O3/c1-2-11-9(14)6-4-3-5-7(12-10)8(6)13(15)16/h3-5,12H,2,10H2,1H3,(H,11,14). The van der Waals surface area contributed by atoms with E-state index in [1.54, 1.807) is 6.92 Å². The van der Waals surface area contributed by atoms with Gasteiger partial charge in [-0.05, 0) is 19.1 Å². The molecule has 0 heterocycles. The second-order valence-corrected chi connectivity index (χ2v) is 2.96. The number of carbonyl (C=O) groups is 1. The Morgan fingerprint density at radius 3 is 2.75 bits per heavy atom. The summed E-state index contributed by atoms with van der Waals surface area (Å²) in [6, 6.07) is 4.33. The van der Waals surface area contributed by atoms with Crippen molar-refractivity contribution >= 4 is 17.3 Å². The molecule has 0 spiro atoms. The number of nitrogens with two attached hydrogens (primary N) is 1. The molecule has 4 N–H and O–H groups in total. The van der Waals surface area contributed by atoms with Crippen molar-refractivity contribution in [1.29, 1.82) is 0 Å². The largest absolute Gasteiger partial charge is 0.352 e. The average molecular weight is 224 g/mol. The summed E-state index contributed by atoms with van der Waals surface area (Å²) in [6.45, 7) is 2.13. The van der Waals surface area contributed by atoms with Gasteiger partial charge in [0.25, 0.3) is 5.91 Å². The summed E-state index contributed by atoms with van der Waals surface area (Å²) in [5, 5.41) is 13.3. The van der Waals surface area contributed by atoms with Gasteiger partial charge in [-0.1, -0.05) is 6.07 Å². The van der Waals surface area contributed by atoms with Crippen molar-refractivity contribution in [3.05, 3.63) is 33.9 Å². The molecule has 0 saturated carbocycles. The van der Waals surface area contributed by atoms with Gasteiger partial charge in [0.2, 0.25) is 0 Å². The van der Waals surface area contributed by atoms with Crippen molar-refractivity contribution in [2.45, 2.75) is 6.92 Å². The van der Waals surface area contributed by atoms with Gasteiger partial charge in [0.05, 0.1) is 4.92 Å². The van der Waals surface area contributed by atoms with Gasteiger partial charge in [0.15, 0.2) is 0 Å². The van der Waals surface area contributed by atoms with Gasteiger partial charge < -0.3 is 10.7 Å². The average Bonchev–Trinajstić information content (AvgIpc) is 2.28. The Balaban J connectivity index is 3.27. The highest BCUT2D eigenvalue weighted by Crippen LogP contribution is 2.27. The smallest absolute Gasteiger partial charge is 0.306 e. The first-order valence-corrected chi connectivity index (χ1v) is 4.64. The van der Waals surface area contributed by atoms with Gasteiger partial charge in [-0.15, -0.1) is 0 Å². The van der Waals surface area contributed by atoms with E-state index in [0.717, 1.165) is 0 Å². The summed E-state index contributed by atoms with van der Waals surface area (Å²) in [4.78, 5) is 21.8. The van der Waals surface area contributed by atoms with Crippen LogP contribution in [0.5, 0.6) is 0 Å². The topological polar surface area (TPSA) is 110 Å². The minimum atomic E-state index is -0.639. The Morgan fingerprint density at radius 1 is 1.56 bits per heavy atom. The zero-order valence-corrected chi connectivity index (χ0v) is 8.69. The molecule has 0 unspecified atom stereocenters. The molecule has 0 saturated heterocycles. The lowest BCUT2D eigenvalue weighted by molar-refractivity contribution is -0.384. The molecule has 0 aliphatic heterocycles. The fourth-order valence-electron chi connectivity index (χ4n) is 1.30. The number of nitrogens with one attached hydrogen (secondary N) is 2. The van der Waals surface area contributed by atoms with Crippen molar-refractivity contribution < 1.29 is 9.72 Å². The number of hydrogen-bond donors (Lipinski definition) is 3. The van der Waals surface area contributed by atoms with Crippen LogP contribution in [0.2, 0.25) is 0 Å². The highest BCUT2D eigenvalue weighted by atomic mass is 16.6. The maximum atomic E-state index is 11.6. The molecule has 1 aromatic carbocycles. The van der Waals surface area contributed by atoms with Crippen molar-refractivity contribution in [1.82, 2.24) is 5.32 Å². The molecule has 0 bridgehead atoms. The SMILES string of the molecule is CCNC(=O)c1cccc(NN)c1[N+](=O)[O-]. The van der Waals surface area contributed by atoms with Crippen LogP contribution in [-0.4, -0.2) is 17.4 Å². The van der Waals surface area contributed by atoms with Crippen LogP contribution in [0.15, 0.2) is 18.2 Å². The molecule has 0 fully saturated rings. The minimum Gasteiger partial charge on any atom is -0.352 e. The maximum absolute atomic E-state index is 11.6. The van der Waals surface area contributed by atoms with Crippen LogP contribution in [0.25, 0.3) is 0 Å². The molecule has 0 aliphatic carbocycles. The number of nitrogens with zero attached hydrogens (tertiary/aromatic N) is 1. The van der Waals surface area contributed by atoms with Gasteiger partial charge in [-0.25, -0.2) is 0 Å². The highest BCUT2D eigenvalue weighted by Gasteiger charge is 2.23. The summed E-state index contributed by atoms with van der Waals surface area (Å²) < 4.78 is 0. The van der Waals surface area contributed by atoms with Gasteiger partial charge in [-0.3, -0.25) is 20.8 Å². The predicted octanol–water partition coefficient (Wildman–Crippen LogP) is 0.630. The molecule has 1 aromatic rings. The summed E-state index contributed by atoms with van der Waals surface area (Å²) in [7, 11) is 0. The predicted molar refractivity (Wildman–Crippen MR) is 58.9 cm³/mol. The first-order valence-electron chi connectivity index (χ1n) is 4.64. The molecule has 86 valence electrons. The summed E-state index contributed by atoms with van der Waals surface area (Å²) in [6.07, 6.45) is 0. The second kappa shape index (κ2) is 5.08. The van der Waals surface area contributed by atoms with Crippen LogP contribution in [0.1, 0.15) is 17.3 Å². The number of amides is 1. The number of nitro groups is 1. The number of nitrogen functional groups attached to an aromatic ring is 1. The van der Waals surface area contributed by atoms with Gasteiger partial charge in [-0.2, -0.15) is 0 Å². The van der Waals surface area contributed by atoms with Crippen LogP contribution in [0, 0.1) is 10.1 Å². The van der Waals surface area contributed by atoms with E-state index in [2.05, 4.69) is 10.7 Å². The molecule has 0 atom stereocenters. The lowest BCUT2D eigenvalue weighted by atomic mass is 10.1. The van der Waals surface area contributed by atoms with Gasteiger partial charge in [0.1, 0.15) is 11.3 Å². The Morgan fingerprint density at radius 2 is 2.25 bits per heavy atom. The minimum absolute atomic E-state index is 0.0118. The van der Waals surface area contributed by atoms with Crippen LogP contribution in [-0.2, 0) is 0 Å². The normalized spacial score (nSPS) is 9.62. The molecule has 7 heteroatoms. The van der Waals surface area contributed by atoms with E-state index in [1.165, 1.54) is 18.2 Å². The third kappa shape index (κ3) is 2.26. The zero-order chi connectivity index (χ0) is 12.1. The van der Waals surface area contributed by atoms with Crippen molar-refractivity contribution in [2.75, 3.05) is 12.0 Å². The van der Waals surface area contributed by atoms with E-state index < -0.39 is 10.8 Å². The number of benzene rings is 1. The molecule has 0 aliphatic rings. The van der Waals surface area contributed by atoms with E-state index in [-0.39, 0.29) is 16.9 Å². The van der Waals surface area contributed by atoms with Crippen molar-refractivity contribution in [2.24, 2.45) is 5.84 Å². The van der Waals surface area contributed by atoms with Crippen molar-refractivity contribution in [3.8, 4) is 0 Å². The van der Waals surface area contributed by atoms with Crippen LogP contribution in [0.3, 0.4) is 0 Å². The van der Waals surface area contributed by atoms with Crippen molar-refractivity contribution in [3.63, 3.8) is 0 Å². The Kier molecular flexibility index (Phi) is 3.78. The number of carbonyl (C=O) groups excluding carboxylic acids is 1. The summed E-state index contributed by atoms with van der Waals surface area (Å²) in [5.74, 6) is 4.65. The number of rotatable bonds is 4. The number of anilines is 1. The lowest BCUT2D eigenvalue weighted by Crippen LogP contribution is -2.24. The van der Waals surface area contributed by atoms with E-state index in [0.29, 0.717) is 6.54 Å². The fraction of sp³-hybridized carbons (Fsp3) is 0.222. The second-order valence-electron chi connectivity index (χ2n) is 2.96. The molecular formula is C9H12N4O3. The Hall–Kier alpha value is -2.15. The lowest BCUT2D eigenvalue weighted by Gasteiger charge is -2.06. The Labute approximate surface area is 91.8 Å². The number of hydrazine groups is 1. The Bertz CT molecular complexity index is 419. The molecule has 0 aromatic heterocycles. The number of nitro benzene ring substituents is 1. The van der Waals surface area contributed by atoms with E-state index >= 15 is 0 Å². The van der Waals surface area contributed by atoms with E-state index in [9.17, 15) is 14.9 Å². The van der Waals surface area contributed by atoms with Crippen LogP contribution >= 0.6 is 0 Å². The number of hydrogen-bond acceptors (Lipinski definition) is 5. The molecular weight excluding hydrogens is 212 g/mol. The molecule has 16 heavy (non-hydrogen) atoms. The highest BCUT2D eigenvalue weighted by molar-refractivity contribution is 6.00. The monoisotopic (exact) mass is 224 g/mol. The van der Waals surface area contributed by atoms with Gasteiger partial charge >= 0.3 is 5.69 Å². The number of para-hydroxylation sites is 1. The fourth-order valence-corrected chi connectivity index (χ4v) is 1.30. The third-order valence-corrected chi connectivity index (χ3v) is 1.96. The zero-order valence-electron chi connectivity index (χ0n) is 8.69. The van der Waals surface area contributed by atoms with Crippen LogP contribution in [0.4, 0.5) is 11.4 Å². The molecule has 0 radical (unpaired) electrons. The molecule has 1 rings (SSSR count). The molecule has 7 nitrogen and oxygen atoms in total. The van der Waals surface area contributed by atoms with Crippen LogP contribution < -0.4 is 16.6 Å². The third-order valence-electron chi connectivity index (χ3n) is 1.96. The van der Waals surface area contributed by atoms with Gasteiger partial charge in [0, 0.05) is 6.54 Å². The molecule has 1 amide bonds.